The van der Waals surface area contributed by atoms with Crippen molar-refractivity contribution in [2.24, 2.45) is 0 Å². The first kappa shape index (κ1) is 26.3. The molecular formula is C22H26ClF4N3O4S. The van der Waals surface area contributed by atoms with Gasteiger partial charge in [-0.2, -0.15) is 13.2 Å². The van der Waals surface area contributed by atoms with E-state index < -0.39 is 64.3 Å². The molecule has 35 heavy (non-hydrogen) atoms. The molecule has 2 bridgehead atoms. The zero-order valence-corrected chi connectivity index (χ0v) is 20.3. The van der Waals surface area contributed by atoms with Crippen LogP contribution in [0.5, 0.6) is 5.75 Å². The number of aliphatic hydroxyl groups is 1. The van der Waals surface area contributed by atoms with Gasteiger partial charge in [0.15, 0.2) is 6.61 Å². The third-order valence-corrected chi connectivity index (χ3v) is 8.67. The molecule has 4 unspecified atom stereocenters. The zero-order chi connectivity index (χ0) is 25.6. The summed E-state index contributed by atoms with van der Waals surface area (Å²) in [5, 5.41) is 17.0. The van der Waals surface area contributed by atoms with Crippen molar-refractivity contribution in [3.63, 3.8) is 0 Å². The maximum atomic E-state index is 13.5. The van der Waals surface area contributed by atoms with Crippen LogP contribution in [0.2, 0.25) is 5.02 Å². The number of hydrogen-bond donors (Lipinski definition) is 4. The summed E-state index contributed by atoms with van der Waals surface area (Å²) >= 11 is 6.55. The van der Waals surface area contributed by atoms with Crippen LogP contribution in [0.25, 0.3) is 0 Å². The average Bonchev–Trinajstić information content (AvgIpc) is 3.18. The van der Waals surface area contributed by atoms with Gasteiger partial charge < -0.3 is 20.5 Å². The maximum absolute atomic E-state index is 13.5. The Kier molecular flexibility index (Phi) is 7.22. The lowest BCUT2D eigenvalue weighted by Crippen LogP contribution is -2.71. The standard InChI is InChI=1S/C22H26ClF4N3O4S/c1-11-28-18(22(25,26)27)17(35-11)19(33)30-20-4-6-21(7-5-20,15(31)9-20)29-16(32)10-34-12-2-3-13(23)14(24)8-12/h2-3,8,11,15,17-18,28,31H,4-7,9-10H2,1H3,(H,29,32)(H,30,33). The normalized spacial score (nSPS) is 34.5. The van der Waals surface area contributed by atoms with Crippen molar-refractivity contribution < 1.29 is 37.0 Å². The van der Waals surface area contributed by atoms with E-state index in [9.17, 15) is 32.3 Å². The van der Waals surface area contributed by atoms with Gasteiger partial charge in [-0.15, -0.1) is 11.8 Å². The third-order valence-electron chi connectivity index (χ3n) is 7.04. The van der Waals surface area contributed by atoms with Crippen molar-refractivity contribution in [2.45, 2.75) is 79.1 Å². The molecule has 1 saturated heterocycles. The van der Waals surface area contributed by atoms with Crippen LogP contribution in [0.15, 0.2) is 18.2 Å². The summed E-state index contributed by atoms with van der Waals surface area (Å²) in [6.07, 6.45) is -3.98. The van der Waals surface area contributed by atoms with Crippen LogP contribution < -0.4 is 20.7 Å². The van der Waals surface area contributed by atoms with E-state index in [1.54, 1.807) is 6.92 Å². The Morgan fingerprint density at radius 3 is 2.54 bits per heavy atom. The Bertz CT molecular complexity index is 990. The first-order valence-corrected chi connectivity index (χ1v) is 12.5. The molecule has 3 aliphatic carbocycles. The first-order chi connectivity index (χ1) is 16.3. The molecule has 1 heterocycles. The SMILES string of the molecule is CC1NC(C(F)(F)F)C(C(=O)NC23CCC(NC(=O)COc4ccc(Cl)c(F)c4)(CC2)C(O)C3)S1. The second-order valence-corrected chi connectivity index (χ2v) is 11.3. The molecule has 194 valence electrons. The highest BCUT2D eigenvalue weighted by molar-refractivity contribution is 8.01. The Labute approximate surface area is 208 Å². The van der Waals surface area contributed by atoms with E-state index in [0.717, 1.165) is 17.8 Å². The summed E-state index contributed by atoms with van der Waals surface area (Å²) in [5.74, 6) is -1.77. The number of nitrogens with one attached hydrogen (secondary N) is 3. The first-order valence-electron chi connectivity index (χ1n) is 11.2. The molecule has 4 N–H and O–H groups in total. The number of thioether (sulfide) groups is 1. The monoisotopic (exact) mass is 539 g/mol. The number of carbonyl (C=O) groups excluding carboxylic acids is 2. The highest BCUT2D eigenvalue weighted by Gasteiger charge is 2.57. The van der Waals surface area contributed by atoms with Gasteiger partial charge in [-0.1, -0.05) is 11.6 Å². The lowest BCUT2D eigenvalue weighted by atomic mass is 9.60. The number of ether oxygens (including phenoxy) is 1. The highest BCUT2D eigenvalue weighted by Crippen LogP contribution is 2.47. The van der Waals surface area contributed by atoms with Gasteiger partial charge in [-0.25, -0.2) is 4.39 Å². The fraction of sp³-hybridized carbons (Fsp3) is 0.636. The summed E-state index contributed by atoms with van der Waals surface area (Å²) < 4.78 is 59.0. The van der Waals surface area contributed by atoms with E-state index in [1.165, 1.54) is 12.1 Å². The van der Waals surface area contributed by atoms with E-state index >= 15 is 0 Å². The van der Waals surface area contributed by atoms with Crippen LogP contribution in [-0.4, -0.2) is 63.6 Å². The van der Waals surface area contributed by atoms with E-state index in [0.29, 0.717) is 25.7 Å². The molecule has 13 heteroatoms. The predicted molar refractivity (Wildman–Crippen MR) is 122 cm³/mol. The third kappa shape index (κ3) is 5.50. The molecule has 0 spiro atoms. The predicted octanol–water partition coefficient (Wildman–Crippen LogP) is 2.89. The molecule has 5 rings (SSSR count). The molecule has 7 nitrogen and oxygen atoms in total. The Balaban J connectivity index is 1.34. The molecule has 2 amide bonds. The number of carbonyl (C=O) groups is 2. The minimum Gasteiger partial charge on any atom is -0.484 e. The highest BCUT2D eigenvalue weighted by atomic mass is 35.5. The van der Waals surface area contributed by atoms with Crippen LogP contribution >= 0.6 is 23.4 Å². The minimum absolute atomic E-state index is 0.0741. The van der Waals surface area contributed by atoms with Gasteiger partial charge in [0, 0.05) is 11.6 Å². The summed E-state index contributed by atoms with van der Waals surface area (Å²) in [6, 6.07) is 1.85. The fourth-order valence-corrected chi connectivity index (χ4v) is 6.54. The van der Waals surface area contributed by atoms with Crippen molar-refractivity contribution in [3.8, 4) is 5.75 Å². The van der Waals surface area contributed by atoms with Gasteiger partial charge in [-0.3, -0.25) is 14.9 Å². The Morgan fingerprint density at radius 2 is 1.94 bits per heavy atom. The van der Waals surface area contributed by atoms with Crippen molar-refractivity contribution in [2.75, 3.05) is 6.61 Å². The number of amides is 2. The number of halogens is 5. The van der Waals surface area contributed by atoms with Crippen LogP contribution in [0.4, 0.5) is 17.6 Å². The smallest absolute Gasteiger partial charge is 0.405 e. The number of aliphatic hydroxyl groups excluding tert-OH is 1. The van der Waals surface area contributed by atoms with Gasteiger partial charge in [0.2, 0.25) is 5.91 Å². The minimum atomic E-state index is -4.56. The number of rotatable bonds is 6. The van der Waals surface area contributed by atoms with Gasteiger partial charge in [0.1, 0.15) is 22.9 Å². The van der Waals surface area contributed by atoms with E-state index in [4.69, 9.17) is 16.3 Å². The van der Waals surface area contributed by atoms with E-state index in [2.05, 4.69) is 16.0 Å². The number of alkyl halides is 3. The Morgan fingerprint density at radius 1 is 1.26 bits per heavy atom. The molecule has 4 aliphatic rings. The molecule has 1 aromatic rings. The largest absolute Gasteiger partial charge is 0.484 e. The van der Waals surface area contributed by atoms with Crippen LogP contribution in [0.1, 0.15) is 39.0 Å². The van der Waals surface area contributed by atoms with Crippen LogP contribution in [0, 0.1) is 5.82 Å². The van der Waals surface area contributed by atoms with E-state index in [-0.39, 0.29) is 17.2 Å². The average molecular weight is 540 g/mol. The molecule has 3 saturated carbocycles. The summed E-state index contributed by atoms with van der Waals surface area (Å²) in [7, 11) is 0. The second-order valence-electron chi connectivity index (χ2n) is 9.44. The number of fused-ring (bicyclic) bond motifs is 3. The topological polar surface area (TPSA) is 99.7 Å². The second kappa shape index (κ2) is 9.60. The summed E-state index contributed by atoms with van der Waals surface area (Å²) in [4.78, 5) is 25.4. The quantitative estimate of drug-likeness (QED) is 0.415. The van der Waals surface area contributed by atoms with Gasteiger partial charge in [0.25, 0.3) is 5.91 Å². The lowest BCUT2D eigenvalue weighted by molar-refractivity contribution is -0.160. The summed E-state index contributed by atoms with van der Waals surface area (Å²) in [5.41, 5.74) is -1.76. The maximum Gasteiger partial charge on any atom is 0.405 e. The van der Waals surface area contributed by atoms with Crippen LogP contribution in [-0.2, 0) is 9.59 Å². The number of hydrogen-bond acceptors (Lipinski definition) is 6. The van der Waals surface area contributed by atoms with Crippen molar-refractivity contribution in [1.29, 1.82) is 0 Å². The van der Waals surface area contributed by atoms with E-state index in [1.807, 2.05) is 0 Å². The summed E-state index contributed by atoms with van der Waals surface area (Å²) in [6.45, 7) is 1.17. The zero-order valence-electron chi connectivity index (χ0n) is 18.8. The molecule has 1 aliphatic heterocycles. The Hall–Kier alpha value is -1.76. The van der Waals surface area contributed by atoms with Crippen molar-refractivity contribution in [1.82, 2.24) is 16.0 Å². The molecule has 0 aromatic heterocycles. The van der Waals surface area contributed by atoms with Gasteiger partial charge in [0.05, 0.1) is 22.0 Å². The fourth-order valence-electron chi connectivity index (χ4n) is 5.18. The lowest BCUT2D eigenvalue weighted by Gasteiger charge is -2.56. The number of benzene rings is 1. The molecule has 4 fully saturated rings. The van der Waals surface area contributed by atoms with Gasteiger partial charge >= 0.3 is 6.18 Å². The van der Waals surface area contributed by atoms with Crippen molar-refractivity contribution in [3.05, 3.63) is 29.0 Å². The molecular weight excluding hydrogens is 514 g/mol. The van der Waals surface area contributed by atoms with Gasteiger partial charge in [-0.05, 0) is 51.2 Å². The van der Waals surface area contributed by atoms with Crippen molar-refractivity contribution >= 4 is 35.2 Å². The molecule has 1 aromatic carbocycles. The molecule has 4 atom stereocenters. The molecule has 0 radical (unpaired) electrons. The van der Waals surface area contributed by atoms with Crippen LogP contribution in [0.3, 0.4) is 0 Å².